The highest BCUT2D eigenvalue weighted by molar-refractivity contribution is 5.78. The summed E-state index contributed by atoms with van der Waals surface area (Å²) in [5.74, 6) is 1.75. The maximum absolute atomic E-state index is 6.22. The van der Waals surface area contributed by atoms with E-state index in [0.29, 0.717) is 6.04 Å². The van der Waals surface area contributed by atoms with E-state index in [1.54, 1.807) is 7.11 Å². The first kappa shape index (κ1) is 15.9. The number of piperidine rings is 1. The van der Waals surface area contributed by atoms with Gasteiger partial charge in [-0.3, -0.25) is 0 Å². The first-order valence-corrected chi connectivity index (χ1v) is 9.03. The fourth-order valence-electron chi connectivity index (χ4n) is 3.71. The van der Waals surface area contributed by atoms with Crippen LogP contribution in [0, 0.1) is 0 Å². The summed E-state index contributed by atoms with van der Waals surface area (Å²) in [4.78, 5) is 0. The third-order valence-corrected chi connectivity index (χ3v) is 5.14. The Hall–Kier alpha value is -2.55. The molecule has 0 N–H and O–H groups in total. The summed E-state index contributed by atoms with van der Waals surface area (Å²) in [6.45, 7) is 3.43. The maximum Gasteiger partial charge on any atom is 0.214 e. The molecule has 1 aliphatic rings. The van der Waals surface area contributed by atoms with Crippen LogP contribution in [0.5, 0.6) is 5.75 Å². The maximum atomic E-state index is 6.22. The average Bonchev–Trinajstić information content (AvgIpc) is 2.68. The number of ether oxygens (including phenoxy) is 1. The van der Waals surface area contributed by atoms with Crippen LogP contribution in [-0.4, -0.2) is 19.7 Å². The van der Waals surface area contributed by atoms with Crippen molar-refractivity contribution < 1.29 is 9.15 Å². The number of hydrogen-bond acceptors (Lipinski definition) is 2. The van der Waals surface area contributed by atoms with E-state index in [4.69, 9.17) is 9.15 Å². The number of rotatable bonds is 2. The first-order chi connectivity index (χ1) is 12.3. The van der Waals surface area contributed by atoms with Gasteiger partial charge in [-0.1, -0.05) is 12.1 Å². The van der Waals surface area contributed by atoms with Gasteiger partial charge in [0.25, 0.3) is 0 Å². The summed E-state index contributed by atoms with van der Waals surface area (Å²) in [7, 11) is 1.69. The number of methoxy groups -OCH3 is 1. The lowest BCUT2D eigenvalue weighted by Gasteiger charge is -2.17. The second kappa shape index (κ2) is 6.75. The molecule has 3 heteroatoms. The van der Waals surface area contributed by atoms with E-state index in [0.717, 1.165) is 29.2 Å². The predicted octanol–water partition coefficient (Wildman–Crippen LogP) is 4.45. The van der Waals surface area contributed by atoms with Crippen molar-refractivity contribution in [3.8, 4) is 17.1 Å². The highest BCUT2D eigenvalue weighted by Crippen LogP contribution is 2.24. The van der Waals surface area contributed by atoms with E-state index in [1.165, 1.54) is 30.0 Å². The molecule has 0 radical (unpaired) electrons. The zero-order chi connectivity index (χ0) is 17.2. The molecule has 0 amide bonds. The Morgan fingerprint density at radius 2 is 1.84 bits per heavy atom. The van der Waals surface area contributed by atoms with Gasteiger partial charge in [-0.25, -0.2) is 4.58 Å². The summed E-state index contributed by atoms with van der Waals surface area (Å²) in [5.41, 5.74) is 2.00. The van der Waals surface area contributed by atoms with Gasteiger partial charge in [-0.05, 0) is 49.7 Å². The monoisotopic (exact) mass is 334 g/mol. The van der Waals surface area contributed by atoms with Gasteiger partial charge in [0.15, 0.2) is 6.04 Å². The van der Waals surface area contributed by atoms with Crippen LogP contribution in [0.3, 0.4) is 0 Å². The van der Waals surface area contributed by atoms with Crippen LogP contribution in [0.2, 0.25) is 0 Å². The van der Waals surface area contributed by atoms with Crippen molar-refractivity contribution in [1.29, 1.82) is 0 Å². The van der Waals surface area contributed by atoms with Crippen molar-refractivity contribution in [3.05, 3.63) is 60.0 Å². The smallest absolute Gasteiger partial charge is 0.214 e. The van der Waals surface area contributed by atoms with Gasteiger partial charge in [-0.2, -0.15) is 0 Å². The zero-order valence-corrected chi connectivity index (χ0v) is 14.9. The van der Waals surface area contributed by atoms with E-state index in [2.05, 4.69) is 47.9 Å². The summed E-state index contributed by atoms with van der Waals surface area (Å²) in [6.07, 6.45) is 3.82. The fraction of sp³-hybridized carbons (Fsp3) is 0.318. The highest BCUT2D eigenvalue weighted by atomic mass is 16.5. The molecule has 1 aromatic heterocycles. The van der Waals surface area contributed by atoms with Crippen molar-refractivity contribution in [2.45, 2.75) is 32.2 Å². The Kier molecular flexibility index (Phi) is 4.31. The SMILES string of the molecule is COc1ccc(-c2cc(=[N+]3CCCCC3C)c3ccccc3o2)cc1. The Bertz CT molecular complexity index is 954. The van der Waals surface area contributed by atoms with Gasteiger partial charge in [0, 0.05) is 18.4 Å². The number of hydrogen-bond donors (Lipinski definition) is 0. The van der Waals surface area contributed by atoms with E-state index in [-0.39, 0.29) is 0 Å². The molecule has 0 saturated carbocycles. The minimum absolute atomic E-state index is 0.559. The molecule has 2 heterocycles. The topological polar surface area (TPSA) is 25.4 Å². The molecule has 128 valence electrons. The third kappa shape index (κ3) is 3.07. The molecule has 3 aromatic rings. The molecule has 0 spiro atoms. The second-order valence-corrected chi connectivity index (χ2v) is 6.76. The lowest BCUT2D eigenvalue weighted by atomic mass is 10.0. The average molecular weight is 334 g/mol. The molecule has 1 unspecified atom stereocenters. The third-order valence-electron chi connectivity index (χ3n) is 5.14. The molecule has 0 bridgehead atoms. The Morgan fingerprint density at radius 3 is 2.60 bits per heavy atom. The van der Waals surface area contributed by atoms with Crippen LogP contribution >= 0.6 is 0 Å². The van der Waals surface area contributed by atoms with Crippen molar-refractivity contribution in [2.75, 3.05) is 13.7 Å². The van der Waals surface area contributed by atoms with Gasteiger partial charge in [0.1, 0.15) is 23.6 Å². The summed E-state index contributed by atoms with van der Waals surface area (Å²) >= 11 is 0. The Morgan fingerprint density at radius 1 is 1.04 bits per heavy atom. The standard InChI is InChI=1S/C22H24NO2/c1-16-7-5-6-14-23(16)20-15-22(17-10-12-18(24-2)13-11-17)25-21-9-4-3-8-19(20)21/h3-4,8-13,15-16H,5-7,14H2,1-2H3/q+1. The number of nitrogens with zero attached hydrogens (tertiary/aromatic N) is 1. The minimum Gasteiger partial charge on any atom is -0.497 e. The van der Waals surface area contributed by atoms with E-state index in [1.807, 2.05) is 18.2 Å². The predicted molar refractivity (Wildman–Crippen MR) is 102 cm³/mol. The highest BCUT2D eigenvalue weighted by Gasteiger charge is 2.22. The summed E-state index contributed by atoms with van der Waals surface area (Å²) in [5, 5.41) is 2.47. The van der Waals surface area contributed by atoms with Crippen molar-refractivity contribution in [2.24, 2.45) is 0 Å². The first-order valence-electron chi connectivity index (χ1n) is 9.03. The van der Waals surface area contributed by atoms with Gasteiger partial charge in [0.05, 0.1) is 18.6 Å². The lowest BCUT2D eigenvalue weighted by molar-refractivity contribution is 0.362. The van der Waals surface area contributed by atoms with Gasteiger partial charge in [-0.15, -0.1) is 0 Å². The number of para-hydroxylation sites is 1. The molecular weight excluding hydrogens is 310 g/mol. The number of benzene rings is 2. The molecule has 4 rings (SSSR count). The van der Waals surface area contributed by atoms with E-state index >= 15 is 0 Å². The Labute approximate surface area is 148 Å². The molecule has 1 atom stereocenters. The quantitative estimate of drug-likeness (QED) is 0.647. The van der Waals surface area contributed by atoms with Crippen LogP contribution in [0.25, 0.3) is 22.3 Å². The molecular formula is C22H24NO2+. The van der Waals surface area contributed by atoms with E-state index < -0.39 is 0 Å². The number of fused-ring (bicyclic) bond motifs is 1. The summed E-state index contributed by atoms with van der Waals surface area (Å²) < 4.78 is 14.0. The second-order valence-electron chi connectivity index (χ2n) is 6.76. The van der Waals surface area contributed by atoms with Crippen LogP contribution in [0.15, 0.2) is 59.0 Å². The lowest BCUT2D eigenvalue weighted by Crippen LogP contribution is -2.41. The van der Waals surface area contributed by atoms with Gasteiger partial charge < -0.3 is 9.15 Å². The van der Waals surface area contributed by atoms with Crippen LogP contribution in [0.4, 0.5) is 0 Å². The van der Waals surface area contributed by atoms with Gasteiger partial charge in [0.2, 0.25) is 5.36 Å². The van der Waals surface area contributed by atoms with Crippen molar-refractivity contribution >= 4 is 11.0 Å². The van der Waals surface area contributed by atoms with Crippen molar-refractivity contribution in [1.82, 2.24) is 4.58 Å². The largest absolute Gasteiger partial charge is 0.497 e. The van der Waals surface area contributed by atoms with Crippen molar-refractivity contribution in [3.63, 3.8) is 0 Å². The van der Waals surface area contributed by atoms with Crippen LogP contribution in [-0.2, 0) is 0 Å². The molecule has 25 heavy (non-hydrogen) atoms. The Balaban J connectivity index is 1.96. The molecule has 3 nitrogen and oxygen atoms in total. The molecule has 1 aliphatic heterocycles. The fourth-order valence-corrected chi connectivity index (χ4v) is 3.71. The van der Waals surface area contributed by atoms with Gasteiger partial charge >= 0.3 is 0 Å². The minimum atomic E-state index is 0.559. The molecule has 1 saturated heterocycles. The van der Waals surface area contributed by atoms with E-state index in [9.17, 15) is 0 Å². The zero-order valence-electron chi connectivity index (χ0n) is 14.9. The van der Waals surface area contributed by atoms with Crippen LogP contribution in [0.1, 0.15) is 26.2 Å². The molecule has 2 aromatic carbocycles. The molecule has 1 fully saturated rings. The van der Waals surface area contributed by atoms with Crippen LogP contribution < -0.4 is 14.7 Å². The summed E-state index contributed by atoms with van der Waals surface area (Å²) in [6, 6.07) is 19.1. The molecule has 0 aliphatic carbocycles. The normalized spacial score (nSPS) is 19.8.